The van der Waals surface area contributed by atoms with Crippen LogP contribution in [0.4, 0.5) is 4.79 Å². The van der Waals surface area contributed by atoms with E-state index in [9.17, 15) is 4.79 Å². The fourth-order valence-corrected chi connectivity index (χ4v) is 3.86. The van der Waals surface area contributed by atoms with Crippen LogP contribution in [0.3, 0.4) is 0 Å². The zero-order chi connectivity index (χ0) is 19.7. The van der Waals surface area contributed by atoms with Crippen LogP contribution in [0.25, 0.3) is 0 Å². The van der Waals surface area contributed by atoms with E-state index in [1.54, 1.807) is 4.90 Å². The van der Waals surface area contributed by atoms with Gasteiger partial charge in [-0.3, -0.25) is 9.80 Å². The lowest BCUT2D eigenvalue weighted by Crippen LogP contribution is -2.74. The highest BCUT2D eigenvalue weighted by atomic mass is 16.6. The minimum absolute atomic E-state index is 0.0230. The maximum absolute atomic E-state index is 11.8. The van der Waals surface area contributed by atoms with E-state index in [0.29, 0.717) is 25.2 Å². The number of morpholine rings is 2. The Labute approximate surface area is 163 Å². The van der Waals surface area contributed by atoms with Crippen molar-refractivity contribution in [2.24, 2.45) is 0 Å². The number of amides is 1. The Morgan fingerprint density at radius 1 is 0.963 bits per heavy atom. The highest BCUT2D eigenvalue weighted by molar-refractivity contribution is 5.69. The first-order valence-electron chi connectivity index (χ1n) is 9.93. The number of carbonyl (C=O) groups is 1. The first kappa shape index (κ1) is 20.8. The van der Waals surface area contributed by atoms with Crippen molar-refractivity contribution in [3.8, 4) is 0 Å². The van der Waals surface area contributed by atoms with Gasteiger partial charge in [0.25, 0.3) is 0 Å². The van der Waals surface area contributed by atoms with Crippen LogP contribution in [0.5, 0.6) is 0 Å². The number of ether oxygens (including phenoxy) is 3. The van der Waals surface area contributed by atoms with E-state index in [4.69, 9.17) is 14.2 Å². The van der Waals surface area contributed by atoms with Gasteiger partial charge in [0.2, 0.25) is 0 Å². The zero-order valence-electron chi connectivity index (χ0n) is 17.5. The summed E-state index contributed by atoms with van der Waals surface area (Å²) in [7, 11) is 4.28. The summed E-state index contributed by atoms with van der Waals surface area (Å²) in [5.74, 6) is 0. The molecule has 27 heavy (non-hydrogen) atoms. The minimum Gasteiger partial charge on any atom is -0.444 e. The fourth-order valence-electron chi connectivity index (χ4n) is 3.86. The molecule has 4 heterocycles. The van der Waals surface area contributed by atoms with Crippen LogP contribution in [-0.2, 0) is 14.2 Å². The van der Waals surface area contributed by atoms with Crippen LogP contribution in [0.2, 0.25) is 0 Å². The molecule has 2 spiro atoms. The van der Waals surface area contributed by atoms with E-state index < -0.39 is 5.60 Å². The van der Waals surface area contributed by atoms with E-state index in [1.807, 2.05) is 20.8 Å². The van der Waals surface area contributed by atoms with Gasteiger partial charge in [-0.1, -0.05) is 0 Å². The average Bonchev–Trinajstić information content (AvgIpc) is 2.51. The van der Waals surface area contributed by atoms with Crippen LogP contribution >= 0.6 is 0 Å². The summed E-state index contributed by atoms with van der Waals surface area (Å²) in [5.41, 5.74) is -0.0395. The van der Waals surface area contributed by atoms with Crippen molar-refractivity contribution < 1.29 is 19.0 Å². The summed E-state index contributed by atoms with van der Waals surface area (Å²) in [6.07, 6.45) is -0.220. The van der Waals surface area contributed by atoms with Gasteiger partial charge in [0.1, 0.15) is 5.60 Å². The molecule has 4 rings (SSSR count). The van der Waals surface area contributed by atoms with Crippen molar-refractivity contribution in [3.05, 3.63) is 0 Å². The van der Waals surface area contributed by atoms with Crippen LogP contribution in [-0.4, -0.2) is 117 Å². The van der Waals surface area contributed by atoms with Crippen LogP contribution < -0.4 is 5.32 Å². The van der Waals surface area contributed by atoms with Gasteiger partial charge < -0.3 is 24.4 Å². The SMILES string of the molecule is CN1CCOCC12CN(C(=O)OC(C)(C)C)C2.CN1CCOCC12CNC2. The van der Waals surface area contributed by atoms with Gasteiger partial charge >= 0.3 is 6.09 Å². The molecule has 4 fully saturated rings. The third-order valence-electron chi connectivity index (χ3n) is 6.03. The standard InChI is InChI=1S/C12H22N2O3.C7H14N2O/c1-11(2,3)17-10(15)14-7-12(8-14)9-16-6-5-13(12)4;1-9-2-3-10-6-7(9)4-8-5-7/h5-9H2,1-4H3;8H,2-6H2,1H3. The van der Waals surface area contributed by atoms with Crippen molar-refractivity contribution in [3.63, 3.8) is 0 Å². The Balaban J connectivity index is 0.000000177. The first-order valence-corrected chi connectivity index (χ1v) is 9.93. The highest BCUT2D eigenvalue weighted by Gasteiger charge is 2.50. The van der Waals surface area contributed by atoms with Gasteiger partial charge in [0.05, 0.1) is 37.5 Å². The average molecular weight is 385 g/mol. The largest absolute Gasteiger partial charge is 0.444 e. The van der Waals surface area contributed by atoms with E-state index in [1.165, 1.54) is 0 Å². The molecule has 0 aromatic heterocycles. The number of nitrogens with zero attached hydrogens (tertiary/aromatic N) is 3. The van der Waals surface area contributed by atoms with E-state index in [-0.39, 0.29) is 11.6 Å². The fraction of sp³-hybridized carbons (Fsp3) is 0.947. The van der Waals surface area contributed by atoms with Crippen LogP contribution in [0, 0.1) is 0 Å². The molecule has 0 radical (unpaired) electrons. The molecule has 4 aliphatic rings. The number of carbonyl (C=O) groups excluding carboxylic acids is 1. The summed E-state index contributed by atoms with van der Waals surface area (Å²) >= 11 is 0. The van der Waals surface area contributed by atoms with E-state index in [0.717, 1.165) is 46.0 Å². The van der Waals surface area contributed by atoms with Crippen molar-refractivity contribution in [1.29, 1.82) is 0 Å². The van der Waals surface area contributed by atoms with Gasteiger partial charge in [0, 0.05) is 39.3 Å². The maximum atomic E-state index is 11.8. The number of nitrogens with one attached hydrogen (secondary N) is 1. The third kappa shape index (κ3) is 4.56. The topological polar surface area (TPSA) is 66.5 Å². The number of hydrogen-bond donors (Lipinski definition) is 1. The van der Waals surface area contributed by atoms with Gasteiger partial charge in [-0.25, -0.2) is 4.79 Å². The van der Waals surface area contributed by atoms with Crippen LogP contribution in [0.1, 0.15) is 20.8 Å². The first-order chi connectivity index (χ1) is 12.7. The Morgan fingerprint density at radius 3 is 1.85 bits per heavy atom. The Morgan fingerprint density at radius 2 is 1.48 bits per heavy atom. The molecule has 8 nitrogen and oxygen atoms in total. The molecule has 0 aromatic rings. The predicted octanol–water partition coefficient (Wildman–Crippen LogP) is 0.228. The smallest absolute Gasteiger partial charge is 0.410 e. The molecule has 0 aromatic carbocycles. The maximum Gasteiger partial charge on any atom is 0.410 e. The van der Waals surface area contributed by atoms with Gasteiger partial charge in [-0.2, -0.15) is 0 Å². The molecule has 0 aliphatic carbocycles. The van der Waals surface area contributed by atoms with Crippen molar-refractivity contribution >= 4 is 6.09 Å². The molecule has 156 valence electrons. The zero-order valence-corrected chi connectivity index (χ0v) is 17.5. The molecular weight excluding hydrogens is 348 g/mol. The lowest BCUT2D eigenvalue weighted by atomic mass is 9.88. The Kier molecular flexibility index (Phi) is 6.03. The Bertz CT molecular complexity index is 526. The summed E-state index contributed by atoms with van der Waals surface area (Å²) in [5, 5.41) is 3.28. The molecule has 0 unspecified atom stereocenters. The molecule has 0 saturated carbocycles. The summed E-state index contributed by atoms with van der Waals surface area (Å²) in [6.45, 7) is 14.6. The van der Waals surface area contributed by atoms with Gasteiger partial charge in [0.15, 0.2) is 0 Å². The van der Waals surface area contributed by atoms with Crippen molar-refractivity contribution in [2.75, 3.05) is 79.8 Å². The molecule has 1 N–H and O–H groups in total. The molecule has 8 heteroatoms. The van der Waals surface area contributed by atoms with E-state index in [2.05, 4.69) is 29.2 Å². The second kappa shape index (κ2) is 7.83. The molecule has 0 bridgehead atoms. The third-order valence-corrected chi connectivity index (χ3v) is 6.03. The summed E-state index contributed by atoms with van der Waals surface area (Å²) < 4.78 is 16.3. The monoisotopic (exact) mass is 384 g/mol. The summed E-state index contributed by atoms with van der Waals surface area (Å²) in [6, 6.07) is 0. The summed E-state index contributed by atoms with van der Waals surface area (Å²) in [4.78, 5) is 18.3. The minimum atomic E-state index is -0.422. The molecule has 0 atom stereocenters. The van der Waals surface area contributed by atoms with Crippen molar-refractivity contribution in [1.82, 2.24) is 20.0 Å². The molecular formula is C19H36N4O4. The lowest BCUT2D eigenvalue weighted by molar-refractivity contribution is -0.127. The van der Waals surface area contributed by atoms with Gasteiger partial charge in [-0.05, 0) is 34.9 Å². The molecule has 4 aliphatic heterocycles. The number of rotatable bonds is 0. The number of likely N-dealkylation sites (N-methyl/N-ethyl adjacent to an activating group) is 2. The second-order valence-corrected chi connectivity index (χ2v) is 9.34. The normalized spacial score (nSPS) is 27.4. The van der Waals surface area contributed by atoms with Crippen molar-refractivity contribution in [2.45, 2.75) is 37.5 Å². The van der Waals surface area contributed by atoms with Crippen LogP contribution in [0.15, 0.2) is 0 Å². The lowest BCUT2D eigenvalue weighted by Gasteiger charge is -2.56. The van der Waals surface area contributed by atoms with Gasteiger partial charge in [-0.15, -0.1) is 0 Å². The Hall–Kier alpha value is -0.930. The number of likely N-dealkylation sites (tertiary alicyclic amines) is 1. The number of hydrogen-bond acceptors (Lipinski definition) is 7. The quantitative estimate of drug-likeness (QED) is 0.641. The predicted molar refractivity (Wildman–Crippen MR) is 103 cm³/mol. The highest BCUT2D eigenvalue weighted by Crippen LogP contribution is 2.30. The molecule has 4 saturated heterocycles. The molecule has 1 amide bonds. The second-order valence-electron chi connectivity index (χ2n) is 9.34. The van der Waals surface area contributed by atoms with E-state index >= 15 is 0 Å².